The second-order valence-corrected chi connectivity index (χ2v) is 2.74. The van der Waals surface area contributed by atoms with E-state index in [9.17, 15) is 0 Å². The van der Waals surface area contributed by atoms with Crippen molar-refractivity contribution < 1.29 is 0 Å². The number of nitrogens with one attached hydrogen (secondary N) is 2. The first-order valence-corrected chi connectivity index (χ1v) is 4.24. The molecule has 0 fully saturated rings. The van der Waals surface area contributed by atoms with Gasteiger partial charge in [0.25, 0.3) is 0 Å². The number of hydrogen-bond donors (Lipinski definition) is 2. The molecule has 0 aliphatic heterocycles. The normalized spacial score (nSPS) is 14.2. The van der Waals surface area contributed by atoms with Gasteiger partial charge in [0.1, 0.15) is 0 Å². The molecule has 1 atom stereocenters. The Labute approximate surface area is 75.0 Å². The number of likely N-dealkylation sites (N-methyl/N-ethyl adjacent to an activating group) is 1. The summed E-state index contributed by atoms with van der Waals surface area (Å²) in [5.41, 5.74) is 0.958. The van der Waals surface area contributed by atoms with Gasteiger partial charge in [0.15, 0.2) is 0 Å². The van der Waals surface area contributed by atoms with E-state index >= 15 is 0 Å². The average molecular weight is 169 g/mol. The van der Waals surface area contributed by atoms with E-state index in [1.54, 1.807) is 7.05 Å². The van der Waals surface area contributed by atoms with Crippen LogP contribution in [0.5, 0.6) is 0 Å². The molecule has 0 aromatic carbocycles. The Morgan fingerprint density at radius 1 is 1.58 bits per heavy atom. The Balaban J connectivity index is 3.87. The molecule has 0 aliphatic rings. The Kier molecular flexibility index (Phi) is 5.37. The lowest BCUT2D eigenvalue weighted by molar-refractivity contribution is 0.617. The van der Waals surface area contributed by atoms with Crippen molar-refractivity contribution in [1.82, 2.24) is 10.6 Å². The van der Waals surface area contributed by atoms with Crippen LogP contribution >= 0.6 is 0 Å². The molecule has 3 heteroatoms. The lowest BCUT2D eigenvalue weighted by Gasteiger charge is -2.16. The summed E-state index contributed by atoms with van der Waals surface area (Å²) < 4.78 is 0. The van der Waals surface area contributed by atoms with E-state index in [0.717, 1.165) is 18.1 Å². The minimum absolute atomic E-state index is 0.284. The van der Waals surface area contributed by atoms with E-state index in [-0.39, 0.29) is 6.04 Å². The molecule has 0 amide bonds. The van der Waals surface area contributed by atoms with E-state index in [1.165, 1.54) is 0 Å². The zero-order valence-corrected chi connectivity index (χ0v) is 8.44. The van der Waals surface area contributed by atoms with Crippen molar-refractivity contribution in [2.45, 2.75) is 26.8 Å². The number of rotatable bonds is 4. The summed E-state index contributed by atoms with van der Waals surface area (Å²) in [7, 11) is 1.76. The summed E-state index contributed by atoms with van der Waals surface area (Å²) in [6.07, 6.45) is 0. The van der Waals surface area contributed by atoms with Gasteiger partial charge in [-0.3, -0.25) is 4.99 Å². The van der Waals surface area contributed by atoms with Gasteiger partial charge >= 0.3 is 0 Å². The molecular weight excluding hydrogens is 150 g/mol. The van der Waals surface area contributed by atoms with E-state index in [2.05, 4.69) is 36.1 Å². The highest BCUT2D eigenvalue weighted by Gasteiger charge is 2.03. The van der Waals surface area contributed by atoms with Crippen LogP contribution in [0.2, 0.25) is 0 Å². The SMILES string of the molecule is C=C(N/C(C)=N/C)C(C)NCC. The summed E-state index contributed by atoms with van der Waals surface area (Å²) in [6, 6.07) is 0.284. The fraction of sp³-hybridized carbons (Fsp3) is 0.667. The molecule has 0 spiro atoms. The maximum Gasteiger partial charge on any atom is 0.0969 e. The molecule has 70 valence electrons. The van der Waals surface area contributed by atoms with Crippen LogP contribution in [0.4, 0.5) is 0 Å². The standard InChI is InChI=1S/C9H19N3/c1-6-11-7(2)8(3)12-9(4)10-5/h7,11H,3,6H2,1-2,4-5H3,(H,10,12). The van der Waals surface area contributed by atoms with Crippen LogP contribution in [0.15, 0.2) is 17.3 Å². The molecule has 3 nitrogen and oxygen atoms in total. The lowest BCUT2D eigenvalue weighted by atomic mass is 10.2. The van der Waals surface area contributed by atoms with Gasteiger partial charge < -0.3 is 10.6 Å². The van der Waals surface area contributed by atoms with Crippen molar-refractivity contribution in [2.75, 3.05) is 13.6 Å². The number of nitrogens with zero attached hydrogens (tertiary/aromatic N) is 1. The smallest absolute Gasteiger partial charge is 0.0969 e. The van der Waals surface area contributed by atoms with Gasteiger partial charge in [0, 0.05) is 18.8 Å². The van der Waals surface area contributed by atoms with Crippen molar-refractivity contribution in [3.63, 3.8) is 0 Å². The second kappa shape index (κ2) is 5.77. The minimum Gasteiger partial charge on any atom is -0.347 e. The van der Waals surface area contributed by atoms with Gasteiger partial charge in [0.05, 0.1) is 5.84 Å². The summed E-state index contributed by atoms with van der Waals surface area (Å²) in [5, 5.41) is 6.36. The average Bonchev–Trinajstić information content (AvgIpc) is 2.04. The van der Waals surface area contributed by atoms with Crippen LogP contribution in [-0.4, -0.2) is 25.5 Å². The van der Waals surface area contributed by atoms with Crippen LogP contribution in [-0.2, 0) is 0 Å². The van der Waals surface area contributed by atoms with Crippen molar-refractivity contribution in [2.24, 2.45) is 4.99 Å². The van der Waals surface area contributed by atoms with Gasteiger partial charge in [0.2, 0.25) is 0 Å². The Morgan fingerprint density at radius 2 is 2.17 bits per heavy atom. The van der Waals surface area contributed by atoms with Crippen LogP contribution in [0.1, 0.15) is 20.8 Å². The first-order chi connectivity index (χ1) is 5.61. The van der Waals surface area contributed by atoms with Crippen molar-refractivity contribution in [1.29, 1.82) is 0 Å². The molecule has 0 rings (SSSR count). The maximum atomic E-state index is 3.99. The monoisotopic (exact) mass is 169 g/mol. The molecule has 0 saturated heterocycles. The molecule has 0 aliphatic carbocycles. The fourth-order valence-electron chi connectivity index (χ4n) is 0.826. The number of aliphatic imine (C=N–C) groups is 1. The summed E-state index contributed by atoms with van der Waals surface area (Å²) >= 11 is 0. The maximum absolute atomic E-state index is 3.99. The molecule has 12 heavy (non-hydrogen) atoms. The Bertz CT molecular complexity index is 173. The molecule has 2 N–H and O–H groups in total. The van der Waals surface area contributed by atoms with Gasteiger partial charge in [-0.2, -0.15) is 0 Å². The minimum atomic E-state index is 0.284. The molecule has 0 aromatic heterocycles. The molecule has 0 bridgehead atoms. The first kappa shape index (κ1) is 11.2. The van der Waals surface area contributed by atoms with E-state index < -0.39 is 0 Å². The molecule has 0 aromatic rings. The van der Waals surface area contributed by atoms with Crippen LogP contribution in [0, 0.1) is 0 Å². The van der Waals surface area contributed by atoms with Gasteiger partial charge in [-0.05, 0) is 20.4 Å². The van der Waals surface area contributed by atoms with Crippen molar-refractivity contribution >= 4 is 5.84 Å². The second-order valence-electron chi connectivity index (χ2n) is 2.74. The number of amidine groups is 1. The quantitative estimate of drug-likeness (QED) is 0.489. The lowest BCUT2D eigenvalue weighted by Crippen LogP contribution is -2.35. The Morgan fingerprint density at radius 3 is 2.58 bits per heavy atom. The predicted octanol–water partition coefficient (Wildman–Crippen LogP) is 1.14. The summed E-state index contributed by atoms with van der Waals surface area (Å²) in [5.74, 6) is 0.893. The van der Waals surface area contributed by atoms with Gasteiger partial charge in [-0.15, -0.1) is 0 Å². The van der Waals surface area contributed by atoms with E-state index in [4.69, 9.17) is 0 Å². The molecule has 0 radical (unpaired) electrons. The third-order valence-electron chi connectivity index (χ3n) is 1.71. The highest BCUT2D eigenvalue weighted by molar-refractivity contribution is 5.81. The van der Waals surface area contributed by atoms with Crippen LogP contribution in [0.25, 0.3) is 0 Å². The summed E-state index contributed by atoms with van der Waals surface area (Å²) in [4.78, 5) is 3.99. The van der Waals surface area contributed by atoms with Crippen molar-refractivity contribution in [3.8, 4) is 0 Å². The fourth-order valence-corrected chi connectivity index (χ4v) is 0.826. The molecule has 0 heterocycles. The van der Waals surface area contributed by atoms with E-state index in [0.29, 0.717) is 0 Å². The largest absolute Gasteiger partial charge is 0.347 e. The molecule has 1 unspecified atom stereocenters. The number of hydrogen-bond acceptors (Lipinski definition) is 2. The zero-order valence-electron chi connectivity index (χ0n) is 8.44. The topological polar surface area (TPSA) is 36.4 Å². The van der Waals surface area contributed by atoms with Crippen molar-refractivity contribution in [3.05, 3.63) is 12.3 Å². The van der Waals surface area contributed by atoms with Gasteiger partial charge in [-0.1, -0.05) is 13.5 Å². The van der Waals surface area contributed by atoms with Gasteiger partial charge in [-0.25, -0.2) is 0 Å². The highest BCUT2D eigenvalue weighted by Crippen LogP contribution is 1.93. The Hall–Kier alpha value is -0.830. The molecular formula is C9H19N3. The van der Waals surface area contributed by atoms with E-state index in [1.807, 2.05) is 6.92 Å². The van der Waals surface area contributed by atoms with Crippen LogP contribution < -0.4 is 10.6 Å². The third-order valence-corrected chi connectivity index (χ3v) is 1.71. The van der Waals surface area contributed by atoms with Crippen LogP contribution in [0.3, 0.4) is 0 Å². The summed E-state index contributed by atoms with van der Waals surface area (Å²) in [6.45, 7) is 10.9. The molecule has 0 saturated carbocycles. The zero-order chi connectivity index (χ0) is 9.56. The first-order valence-electron chi connectivity index (χ1n) is 4.24. The third kappa shape index (κ3) is 4.13. The highest BCUT2D eigenvalue weighted by atomic mass is 15.0. The predicted molar refractivity (Wildman–Crippen MR) is 54.4 cm³/mol.